The van der Waals surface area contributed by atoms with Crippen molar-refractivity contribution in [1.82, 2.24) is 9.88 Å². The number of hydrogen-bond donors (Lipinski definition) is 2. The van der Waals surface area contributed by atoms with E-state index in [0.29, 0.717) is 40.1 Å². The van der Waals surface area contributed by atoms with Crippen LogP contribution in [0.25, 0.3) is 0 Å². The Morgan fingerprint density at radius 1 is 0.974 bits per heavy atom. The van der Waals surface area contributed by atoms with Gasteiger partial charge in [0.25, 0.3) is 11.8 Å². The lowest BCUT2D eigenvalue weighted by Crippen LogP contribution is -2.37. The maximum Gasteiger partial charge on any atom is 0.259 e. The van der Waals surface area contributed by atoms with Gasteiger partial charge < -0.3 is 20.3 Å². The monoisotopic (exact) mass is 537 g/mol. The van der Waals surface area contributed by atoms with Gasteiger partial charge in [-0.1, -0.05) is 24.9 Å². The number of likely N-dealkylation sites (N-methyl/N-ethyl adjacent to an activating group) is 2. The van der Waals surface area contributed by atoms with Gasteiger partial charge in [-0.05, 0) is 74.6 Å². The van der Waals surface area contributed by atoms with E-state index < -0.39 is 11.8 Å². The molecule has 0 unspecified atom stereocenters. The van der Waals surface area contributed by atoms with E-state index in [-0.39, 0.29) is 11.5 Å². The zero-order chi connectivity index (χ0) is 27.7. The molecule has 0 bridgehead atoms. The number of halogens is 1. The summed E-state index contributed by atoms with van der Waals surface area (Å²) in [6.07, 6.45) is 3.53. The number of unbranched alkanes of at least 4 members (excludes halogenated alkanes) is 1. The molecule has 0 atom stereocenters. The van der Waals surface area contributed by atoms with Crippen LogP contribution in [0.5, 0.6) is 5.75 Å². The Hall–Kier alpha value is -3.95. The predicted octanol–water partition coefficient (Wildman–Crippen LogP) is 4.94. The van der Waals surface area contributed by atoms with Crippen LogP contribution >= 0.6 is 11.6 Å². The van der Waals surface area contributed by atoms with Crippen LogP contribution in [0.3, 0.4) is 0 Å². The van der Waals surface area contributed by atoms with Gasteiger partial charge >= 0.3 is 0 Å². The Balaban J connectivity index is 1.71. The topological polar surface area (TPSA) is 104 Å². The van der Waals surface area contributed by atoms with E-state index in [2.05, 4.69) is 22.5 Å². The lowest BCUT2D eigenvalue weighted by molar-refractivity contribution is -0.119. The second-order valence-corrected chi connectivity index (χ2v) is 9.21. The van der Waals surface area contributed by atoms with Gasteiger partial charge in [-0.15, -0.1) is 0 Å². The van der Waals surface area contributed by atoms with E-state index >= 15 is 0 Å². The van der Waals surface area contributed by atoms with Gasteiger partial charge in [0.05, 0.1) is 29.9 Å². The highest BCUT2D eigenvalue weighted by molar-refractivity contribution is 6.30. The van der Waals surface area contributed by atoms with Gasteiger partial charge in [-0.2, -0.15) is 0 Å². The van der Waals surface area contributed by atoms with E-state index in [9.17, 15) is 14.4 Å². The molecule has 0 radical (unpaired) electrons. The van der Waals surface area contributed by atoms with Gasteiger partial charge in [0.2, 0.25) is 5.91 Å². The lowest BCUT2D eigenvalue weighted by atomic mass is 10.1. The van der Waals surface area contributed by atoms with Gasteiger partial charge in [0.15, 0.2) is 0 Å². The molecule has 0 spiro atoms. The summed E-state index contributed by atoms with van der Waals surface area (Å²) in [5.74, 6) is -0.160. The number of ether oxygens (including phenoxy) is 1. The van der Waals surface area contributed by atoms with Crippen molar-refractivity contribution in [3.63, 3.8) is 0 Å². The molecule has 3 amide bonds. The summed E-state index contributed by atoms with van der Waals surface area (Å²) in [6, 6.07) is 14.7. The van der Waals surface area contributed by atoms with Gasteiger partial charge in [0, 0.05) is 24.5 Å². The SMILES string of the molecule is CCCCN(C)CC(=O)N(C)c1ccc(C(=O)Nc2ccc(OC)cc2C(=O)Nc2ccc(Cl)cn2)cc1. The quantitative estimate of drug-likeness (QED) is 0.359. The number of carbonyl (C=O) groups is 3. The smallest absolute Gasteiger partial charge is 0.259 e. The number of aromatic nitrogens is 1. The third-order valence-corrected chi connectivity index (χ3v) is 6.10. The van der Waals surface area contributed by atoms with Crippen LogP contribution in [0.2, 0.25) is 5.02 Å². The Morgan fingerprint density at radius 2 is 1.71 bits per heavy atom. The first kappa shape index (κ1) is 28.6. The number of carbonyl (C=O) groups excluding carboxylic acids is 3. The van der Waals surface area contributed by atoms with E-state index in [0.717, 1.165) is 19.4 Å². The number of amides is 3. The Labute approximate surface area is 227 Å². The fraction of sp³-hybridized carbons (Fsp3) is 0.286. The van der Waals surface area contributed by atoms with Crippen LogP contribution in [0, 0.1) is 0 Å². The zero-order valence-corrected chi connectivity index (χ0v) is 22.7. The number of benzene rings is 2. The Morgan fingerprint density at radius 3 is 2.34 bits per heavy atom. The number of nitrogens with zero attached hydrogens (tertiary/aromatic N) is 3. The minimum absolute atomic E-state index is 0.0372. The number of nitrogens with one attached hydrogen (secondary N) is 2. The van der Waals surface area contributed by atoms with E-state index in [1.807, 2.05) is 11.9 Å². The molecular formula is C28H32ClN5O4. The van der Waals surface area contributed by atoms with Crippen molar-refractivity contribution < 1.29 is 19.1 Å². The van der Waals surface area contributed by atoms with E-state index in [4.69, 9.17) is 16.3 Å². The third kappa shape index (κ3) is 7.77. The molecule has 1 aromatic heterocycles. The standard InChI is InChI=1S/C28H32ClN5O4/c1-5-6-15-33(2)18-26(35)34(3)21-10-7-19(8-11-21)27(36)31-24-13-12-22(38-4)16-23(24)28(37)32-25-14-9-20(29)17-30-25/h7-14,16-17H,5-6,15,18H2,1-4H3,(H,31,36)(H,30,32,37). The van der Waals surface area contributed by atoms with Crippen LogP contribution in [0.4, 0.5) is 17.2 Å². The summed E-state index contributed by atoms with van der Waals surface area (Å²) < 4.78 is 5.25. The summed E-state index contributed by atoms with van der Waals surface area (Å²) in [7, 11) is 5.12. The largest absolute Gasteiger partial charge is 0.497 e. The molecule has 0 fully saturated rings. The highest BCUT2D eigenvalue weighted by Crippen LogP contribution is 2.24. The molecule has 10 heteroatoms. The van der Waals surface area contributed by atoms with Crippen molar-refractivity contribution in [2.24, 2.45) is 0 Å². The molecule has 3 rings (SSSR count). The fourth-order valence-corrected chi connectivity index (χ4v) is 3.71. The van der Waals surface area contributed by atoms with Crippen LogP contribution < -0.4 is 20.3 Å². The van der Waals surface area contributed by atoms with Crippen molar-refractivity contribution in [1.29, 1.82) is 0 Å². The molecule has 38 heavy (non-hydrogen) atoms. The second-order valence-electron chi connectivity index (χ2n) is 8.77. The highest BCUT2D eigenvalue weighted by atomic mass is 35.5. The summed E-state index contributed by atoms with van der Waals surface area (Å²) in [6.45, 7) is 3.28. The van der Waals surface area contributed by atoms with Gasteiger partial charge in [-0.3, -0.25) is 19.3 Å². The molecule has 200 valence electrons. The van der Waals surface area contributed by atoms with Crippen molar-refractivity contribution in [2.45, 2.75) is 19.8 Å². The molecule has 3 aromatic rings. The van der Waals surface area contributed by atoms with Crippen LogP contribution in [-0.2, 0) is 4.79 Å². The lowest BCUT2D eigenvalue weighted by Gasteiger charge is -2.22. The first-order valence-electron chi connectivity index (χ1n) is 12.2. The van der Waals surface area contributed by atoms with E-state index in [1.165, 1.54) is 19.4 Å². The first-order valence-corrected chi connectivity index (χ1v) is 12.6. The predicted molar refractivity (Wildman–Crippen MR) is 150 cm³/mol. The van der Waals surface area contributed by atoms with Crippen LogP contribution in [0.1, 0.15) is 40.5 Å². The van der Waals surface area contributed by atoms with Crippen molar-refractivity contribution >= 4 is 46.5 Å². The number of pyridine rings is 1. The molecule has 0 aliphatic carbocycles. The number of anilines is 3. The number of hydrogen-bond acceptors (Lipinski definition) is 6. The van der Waals surface area contributed by atoms with Crippen LogP contribution in [-0.4, -0.2) is 61.9 Å². The second kappa shape index (κ2) is 13.6. The molecule has 9 nitrogen and oxygen atoms in total. The molecule has 2 N–H and O–H groups in total. The van der Waals surface area contributed by atoms with E-state index in [1.54, 1.807) is 60.5 Å². The normalized spacial score (nSPS) is 10.7. The number of methoxy groups -OCH3 is 1. The zero-order valence-electron chi connectivity index (χ0n) is 22.0. The minimum Gasteiger partial charge on any atom is -0.497 e. The Bertz CT molecular complexity index is 1270. The molecular weight excluding hydrogens is 506 g/mol. The van der Waals surface area contributed by atoms with Crippen LogP contribution in [0.15, 0.2) is 60.8 Å². The fourth-order valence-electron chi connectivity index (χ4n) is 3.60. The highest BCUT2D eigenvalue weighted by Gasteiger charge is 2.18. The van der Waals surface area contributed by atoms with Gasteiger partial charge in [-0.25, -0.2) is 4.98 Å². The first-order chi connectivity index (χ1) is 18.2. The summed E-state index contributed by atoms with van der Waals surface area (Å²) in [4.78, 5) is 46.3. The maximum atomic E-state index is 13.0. The average molecular weight is 538 g/mol. The molecule has 0 saturated carbocycles. The summed E-state index contributed by atoms with van der Waals surface area (Å²) in [5, 5.41) is 5.92. The number of rotatable bonds is 11. The molecule has 0 aliphatic rings. The molecule has 2 aromatic carbocycles. The molecule has 1 heterocycles. The minimum atomic E-state index is -0.478. The Kier molecular flexibility index (Phi) is 10.2. The van der Waals surface area contributed by atoms with Crippen molar-refractivity contribution in [3.8, 4) is 5.75 Å². The maximum absolute atomic E-state index is 13.0. The van der Waals surface area contributed by atoms with Crippen molar-refractivity contribution in [2.75, 3.05) is 49.8 Å². The average Bonchev–Trinajstić information content (AvgIpc) is 2.92. The third-order valence-electron chi connectivity index (χ3n) is 5.88. The molecule has 0 aliphatic heterocycles. The van der Waals surface area contributed by atoms with Gasteiger partial charge in [0.1, 0.15) is 11.6 Å². The molecule has 0 saturated heterocycles. The summed E-state index contributed by atoms with van der Waals surface area (Å²) in [5.41, 5.74) is 1.55. The van der Waals surface area contributed by atoms with Crippen molar-refractivity contribution in [3.05, 3.63) is 76.9 Å². The summed E-state index contributed by atoms with van der Waals surface area (Å²) >= 11 is 5.86.